The molecule has 0 saturated carbocycles. The van der Waals surface area contributed by atoms with Gasteiger partial charge >= 0.3 is 0 Å². The van der Waals surface area contributed by atoms with Crippen LogP contribution in [-0.2, 0) is 4.74 Å². The molecule has 0 fully saturated rings. The molecular formula is C11H15BrN2O3. The number of aromatic nitrogens is 1. The van der Waals surface area contributed by atoms with Crippen LogP contribution in [0.2, 0.25) is 0 Å². The Morgan fingerprint density at radius 3 is 2.94 bits per heavy atom. The number of pyridine rings is 1. The van der Waals surface area contributed by atoms with Crippen molar-refractivity contribution in [2.24, 2.45) is 0 Å². The van der Waals surface area contributed by atoms with Crippen LogP contribution in [0.25, 0.3) is 0 Å². The summed E-state index contributed by atoms with van der Waals surface area (Å²) < 4.78 is 5.44. The second-order valence-electron chi connectivity index (χ2n) is 3.35. The molecule has 0 radical (unpaired) electrons. The molecule has 0 unspecified atom stereocenters. The number of amides is 1. The monoisotopic (exact) mass is 302 g/mol. The quantitative estimate of drug-likeness (QED) is 0.794. The molecule has 0 atom stereocenters. The minimum Gasteiger partial charge on any atom is -0.395 e. The summed E-state index contributed by atoms with van der Waals surface area (Å²) >= 11 is 3.23. The minimum atomic E-state index is -0.170. The molecule has 1 rings (SSSR count). The van der Waals surface area contributed by atoms with Crippen molar-refractivity contribution >= 4 is 21.8 Å². The molecule has 1 aromatic rings. The van der Waals surface area contributed by atoms with E-state index in [2.05, 4.69) is 20.9 Å². The van der Waals surface area contributed by atoms with Crippen LogP contribution in [0.4, 0.5) is 0 Å². The largest absolute Gasteiger partial charge is 0.395 e. The van der Waals surface area contributed by atoms with E-state index in [9.17, 15) is 4.79 Å². The van der Waals surface area contributed by atoms with Crippen LogP contribution >= 0.6 is 15.9 Å². The number of aliphatic hydroxyl groups is 1. The zero-order valence-corrected chi connectivity index (χ0v) is 11.2. The summed E-state index contributed by atoms with van der Waals surface area (Å²) in [5.74, 6) is -0.170. The Morgan fingerprint density at radius 1 is 1.59 bits per heavy atom. The SMILES string of the molecule is COCCN(CCO)C(=O)c1cccnc1Br. The number of rotatable bonds is 6. The molecule has 1 amide bonds. The second-order valence-corrected chi connectivity index (χ2v) is 4.10. The third-order valence-corrected chi connectivity index (χ3v) is 2.84. The molecule has 17 heavy (non-hydrogen) atoms. The topological polar surface area (TPSA) is 62.7 Å². The predicted octanol–water partition coefficient (Wildman–Crippen LogP) is 0.925. The number of carbonyl (C=O) groups is 1. The molecule has 6 heteroatoms. The maximum Gasteiger partial charge on any atom is 0.256 e. The molecule has 94 valence electrons. The fraction of sp³-hybridized carbons (Fsp3) is 0.455. The number of hydrogen-bond donors (Lipinski definition) is 1. The van der Waals surface area contributed by atoms with Gasteiger partial charge in [0.25, 0.3) is 5.91 Å². The summed E-state index contributed by atoms with van der Waals surface area (Å²) in [5.41, 5.74) is 0.483. The lowest BCUT2D eigenvalue weighted by atomic mass is 10.2. The van der Waals surface area contributed by atoms with Crippen LogP contribution in [-0.4, -0.2) is 54.3 Å². The molecule has 0 aliphatic rings. The highest BCUT2D eigenvalue weighted by Crippen LogP contribution is 2.14. The van der Waals surface area contributed by atoms with E-state index in [1.807, 2.05) is 0 Å². The van der Waals surface area contributed by atoms with Gasteiger partial charge in [-0.25, -0.2) is 4.98 Å². The number of aliphatic hydroxyl groups excluding tert-OH is 1. The van der Waals surface area contributed by atoms with E-state index in [1.165, 1.54) is 4.90 Å². The van der Waals surface area contributed by atoms with Crippen molar-refractivity contribution in [2.75, 3.05) is 33.4 Å². The van der Waals surface area contributed by atoms with E-state index in [4.69, 9.17) is 9.84 Å². The number of hydrogen-bond acceptors (Lipinski definition) is 4. The number of halogens is 1. The van der Waals surface area contributed by atoms with Crippen molar-refractivity contribution in [3.63, 3.8) is 0 Å². The van der Waals surface area contributed by atoms with Crippen molar-refractivity contribution in [1.29, 1.82) is 0 Å². The average molecular weight is 303 g/mol. The Balaban J connectivity index is 2.80. The summed E-state index contributed by atoms with van der Waals surface area (Å²) in [6.45, 7) is 1.08. The Kier molecular flexibility index (Phi) is 6.10. The van der Waals surface area contributed by atoms with Crippen LogP contribution in [0.5, 0.6) is 0 Å². The van der Waals surface area contributed by atoms with Gasteiger partial charge in [-0.15, -0.1) is 0 Å². The van der Waals surface area contributed by atoms with Crippen molar-refractivity contribution < 1.29 is 14.6 Å². The Bertz CT molecular complexity index is 373. The van der Waals surface area contributed by atoms with Gasteiger partial charge in [-0.3, -0.25) is 4.79 Å². The minimum absolute atomic E-state index is 0.0761. The van der Waals surface area contributed by atoms with Gasteiger partial charge < -0.3 is 14.7 Å². The van der Waals surface area contributed by atoms with Gasteiger partial charge in [-0.05, 0) is 28.1 Å². The lowest BCUT2D eigenvalue weighted by molar-refractivity contribution is 0.0655. The number of nitrogens with zero attached hydrogens (tertiary/aromatic N) is 2. The maximum atomic E-state index is 12.2. The van der Waals surface area contributed by atoms with Gasteiger partial charge in [0.1, 0.15) is 4.60 Å². The molecule has 0 aliphatic carbocycles. The van der Waals surface area contributed by atoms with Crippen LogP contribution < -0.4 is 0 Å². The fourth-order valence-corrected chi connectivity index (χ4v) is 1.77. The van der Waals surface area contributed by atoms with Crippen molar-refractivity contribution in [1.82, 2.24) is 9.88 Å². The van der Waals surface area contributed by atoms with Gasteiger partial charge in [0.2, 0.25) is 0 Å². The first-order valence-corrected chi connectivity index (χ1v) is 5.99. The zero-order valence-electron chi connectivity index (χ0n) is 9.60. The molecule has 0 aliphatic heterocycles. The molecule has 1 aromatic heterocycles. The number of carbonyl (C=O) groups excluding carboxylic acids is 1. The predicted molar refractivity (Wildman–Crippen MR) is 66.8 cm³/mol. The van der Waals surface area contributed by atoms with E-state index in [1.54, 1.807) is 25.4 Å². The summed E-state index contributed by atoms with van der Waals surface area (Å²) in [6.07, 6.45) is 1.60. The molecular weight excluding hydrogens is 288 g/mol. The standard InChI is InChI=1S/C11H15BrN2O3/c1-17-8-6-14(5-7-15)11(16)9-3-2-4-13-10(9)12/h2-4,15H,5-8H2,1H3. The molecule has 1 heterocycles. The van der Waals surface area contributed by atoms with E-state index < -0.39 is 0 Å². The van der Waals surface area contributed by atoms with Crippen LogP contribution in [0.15, 0.2) is 22.9 Å². The highest BCUT2D eigenvalue weighted by Gasteiger charge is 2.17. The smallest absolute Gasteiger partial charge is 0.256 e. The average Bonchev–Trinajstić information content (AvgIpc) is 2.34. The zero-order chi connectivity index (χ0) is 12.7. The van der Waals surface area contributed by atoms with Gasteiger partial charge in [0.05, 0.1) is 18.8 Å². The van der Waals surface area contributed by atoms with Crippen LogP contribution in [0, 0.1) is 0 Å². The van der Waals surface area contributed by atoms with Crippen LogP contribution in [0.1, 0.15) is 10.4 Å². The Hall–Kier alpha value is -0.980. The Labute approximate surface area is 109 Å². The summed E-state index contributed by atoms with van der Waals surface area (Å²) in [7, 11) is 1.57. The third-order valence-electron chi connectivity index (χ3n) is 2.21. The van der Waals surface area contributed by atoms with Gasteiger partial charge in [0.15, 0.2) is 0 Å². The second kappa shape index (κ2) is 7.37. The van der Waals surface area contributed by atoms with Gasteiger partial charge in [-0.2, -0.15) is 0 Å². The highest BCUT2D eigenvalue weighted by atomic mass is 79.9. The molecule has 0 saturated heterocycles. The molecule has 5 nitrogen and oxygen atoms in total. The first-order chi connectivity index (χ1) is 8.20. The van der Waals surface area contributed by atoms with E-state index in [0.717, 1.165) is 0 Å². The normalized spacial score (nSPS) is 10.3. The van der Waals surface area contributed by atoms with Gasteiger partial charge in [-0.1, -0.05) is 0 Å². The number of ether oxygens (including phenoxy) is 1. The Morgan fingerprint density at radius 2 is 2.35 bits per heavy atom. The van der Waals surface area contributed by atoms with Crippen LogP contribution in [0.3, 0.4) is 0 Å². The molecule has 0 bridgehead atoms. The maximum absolute atomic E-state index is 12.2. The molecule has 0 aromatic carbocycles. The lowest BCUT2D eigenvalue weighted by Crippen LogP contribution is -2.36. The lowest BCUT2D eigenvalue weighted by Gasteiger charge is -2.21. The highest BCUT2D eigenvalue weighted by molar-refractivity contribution is 9.10. The van der Waals surface area contributed by atoms with Crippen molar-refractivity contribution in [3.05, 3.63) is 28.5 Å². The van der Waals surface area contributed by atoms with E-state index in [-0.39, 0.29) is 19.1 Å². The van der Waals surface area contributed by atoms with Gasteiger partial charge in [0, 0.05) is 26.4 Å². The van der Waals surface area contributed by atoms with Crippen molar-refractivity contribution in [3.8, 4) is 0 Å². The summed E-state index contributed by atoms with van der Waals surface area (Å²) in [6, 6.07) is 3.39. The van der Waals surface area contributed by atoms with Crippen molar-refractivity contribution in [2.45, 2.75) is 0 Å². The first-order valence-electron chi connectivity index (χ1n) is 5.20. The third kappa shape index (κ3) is 4.07. The molecule has 0 spiro atoms. The van der Waals surface area contributed by atoms with E-state index >= 15 is 0 Å². The number of methoxy groups -OCH3 is 1. The molecule has 1 N–H and O–H groups in total. The summed E-state index contributed by atoms with van der Waals surface area (Å²) in [4.78, 5) is 17.7. The van der Waals surface area contributed by atoms with E-state index in [0.29, 0.717) is 23.3 Å². The first kappa shape index (κ1) is 14.1. The fourth-order valence-electron chi connectivity index (χ4n) is 1.35. The summed E-state index contributed by atoms with van der Waals surface area (Å²) in [5, 5.41) is 8.94.